The summed E-state index contributed by atoms with van der Waals surface area (Å²) in [6, 6.07) is 6.47. The van der Waals surface area contributed by atoms with E-state index in [2.05, 4.69) is 42.2 Å². The molecule has 0 aliphatic rings. The molecule has 1 amide bonds. The molecule has 110 valence electrons. The number of hydrogen-bond donors (Lipinski definition) is 1. The first-order chi connectivity index (χ1) is 9.92. The van der Waals surface area contributed by atoms with Crippen molar-refractivity contribution in [2.75, 3.05) is 12.4 Å². The van der Waals surface area contributed by atoms with Crippen molar-refractivity contribution in [3.8, 4) is 5.75 Å². The number of amides is 1. The molecule has 1 N–H and O–H groups in total. The van der Waals surface area contributed by atoms with Crippen LogP contribution in [0.5, 0.6) is 5.75 Å². The molecule has 0 saturated carbocycles. The molecule has 21 heavy (non-hydrogen) atoms. The fraction of sp³-hybridized carbons (Fsp3) is 0.0769. The predicted molar refractivity (Wildman–Crippen MR) is 90.6 cm³/mol. The number of nitrogens with zero attached hydrogens (tertiary/aromatic N) is 1. The average Bonchev–Trinajstić information content (AvgIpc) is 2.41. The molecule has 0 atom stereocenters. The van der Waals surface area contributed by atoms with Gasteiger partial charge >= 0.3 is 0 Å². The molecule has 0 bridgehead atoms. The van der Waals surface area contributed by atoms with Gasteiger partial charge in [-0.25, -0.2) is 4.98 Å². The SMILES string of the molecule is COc1cc(NC(=O)c2ccc(Cl)nc2Cl)c(Br)cc1Br. The molecule has 2 aromatic rings. The Morgan fingerprint density at radius 1 is 1.24 bits per heavy atom. The number of anilines is 1. The lowest BCUT2D eigenvalue weighted by molar-refractivity contribution is 0.102. The van der Waals surface area contributed by atoms with Crippen molar-refractivity contribution in [3.63, 3.8) is 0 Å². The highest BCUT2D eigenvalue weighted by atomic mass is 79.9. The van der Waals surface area contributed by atoms with Crippen LogP contribution >= 0.6 is 55.1 Å². The zero-order valence-corrected chi connectivity index (χ0v) is 15.3. The third kappa shape index (κ3) is 3.88. The second kappa shape index (κ2) is 6.96. The minimum Gasteiger partial charge on any atom is -0.495 e. The Kier molecular flexibility index (Phi) is 5.48. The van der Waals surface area contributed by atoms with Crippen LogP contribution in [-0.2, 0) is 0 Å². The minimum atomic E-state index is -0.394. The van der Waals surface area contributed by atoms with Crippen molar-refractivity contribution in [3.05, 3.63) is 49.1 Å². The summed E-state index contributed by atoms with van der Waals surface area (Å²) in [5, 5.41) is 3.00. The molecule has 4 nitrogen and oxygen atoms in total. The lowest BCUT2D eigenvalue weighted by Gasteiger charge is -2.11. The fourth-order valence-corrected chi connectivity index (χ4v) is 3.24. The van der Waals surface area contributed by atoms with Crippen molar-refractivity contribution >= 4 is 66.7 Å². The van der Waals surface area contributed by atoms with Gasteiger partial charge in [0.25, 0.3) is 5.91 Å². The molecule has 0 aliphatic heterocycles. The molecule has 1 aromatic carbocycles. The van der Waals surface area contributed by atoms with E-state index < -0.39 is 5.91 Å². The summed E-state index contributed by atoms with van der Waals surface area (Å²) in [6.07, 6.45) is 0. The number of rotatable bonds is 3. The summed E-state index contributed by atoms with van der Waals surface area (Å²) in [5.74, 6) is 0.197. The van der Waals surface area contributed by atoms with Gasteiger partial charge in [0.2, 0.25) is 0 Å². The zero-order chi connectivity index (χ0) is 15.6. The molecule has 1 heterocycles. The molecular formula is C13H8Br2Cl2N2O2. The number of ether oxygens (including phenoxy) is 1. The van der Waals surface area contributed by atoms with Crippen molar-refractivity contribution in [1.82, 2.24) is 4.98 Å². The van der Waals surface area contributed by atoms with Gasteiger partial charge in [-0.15, -0.1) is 0 Å². The monoisotopic (exact) mass is 452 g/mol. The summed E-state index contributed by atoms with van der Waals surface area (Å²) >= 11 is 18.4. The predicted octanol–water partition coefficient (Wildman–Crippen LogP) is 5.17. The van der Waals surface area contributed by atoms with E-state index in [0.29, 0.717) is 15.9 Å². The maximum Gasteiger partial charge on any atom is 0.258 e. The highest BCUT2D eigenvalue weighted by Crippen LogP contribution is 2.35. The quantitative estimate of drug-likeness (QED) is 0.650. The van der Waals surface area contributed by atoms with Crippen LogP contribution in [0.25, 0.3) is 0 Å². The Balaban J connectivity index is 2.31. The normalized spacial score (nSPS) is 10.3. The summed E-state index contributed by atoms with van der Waals surface area (Å²) in [7, 11) is 1.54. The van der Waals surface area contributed by atoms with Crippen LogP contribution in [0, 0.1) is 0 Å². The van der Waals surface area contributed by atoms with E-state index in [0.717, 1.165) is 4.47 Å². The van der Waals surface area contributed by atoms with Gasteiger partial charge in [0.05, 0.1) is 22.8 Å². The van der Waals surface area contributed by atoms with Crippen LogP contribution in [0.4, 0.5) is 5.69 Å². The highest BCUT2D eigenvalue weighted by molar-refractivity contribution is 9.11. The molecule has 8 heteroatoms. The van der Waals surface area contributed by atoms with Gasteiger partial charge in [-0.2, -0.15) is 0 Å². The summed E-state index contributed by atoms with van der Waals surface area (Å²) in [4.78, 5) is 16.1. The maximum atomic E-state index is 12.2. The van der Waals surface area contributed by atoms with E-state index >= 15 is 0 Å². The molecular weight excluding hydrogens is 447 g/mol. The topological polar surface area (TPSA) is 51.2 Å². The Morgan fingerprint density at radius 2 is 1.95 bits per heavy atom. The van der Waals surface area contributed by atoms with Crippen molar-refractivity contribution in [2.24, 2.45) is 0 Å². The first kappa shape index (κ1) is 16.5. The van der Waals surface area contributed by atoms with Gasteiger partial charge in [0.1, 0.15) is 16.1 Å². The second-order valence-electron chi connectivity index (χ2n) is 3.89. The number of benzene rings is 1. The van der Waals surface area contributed by atoms with E-state index in [1.807, 2.05) is 0 Å². The van der Waals surface area contributed by atoms with Gasteiger partial charge in [0, 0.05) is 10.5 Å². The summed E-state index contributed by atoms with van der Waals surface area (Å²) in [6.45, 7) is 0. The number of halogens is 4. The van der Waals surface area contributed by atoms with Gasteiger partial charge in [-0.05, 0) is 50.1 Å². The second-order valence-corrected chi connectivity index (χ2v) is 6.35. The molecule has 2 rings (SSSR count). The van der Waals surface area contributed by atoms with Crippen molar-refractivity contribution in [1.29, 1.82) is 0 Å². The number of pyridine rings is 1. The minimum absolute atomic E-state index is 0.0419. The van der Waals surface area contributed by atoms with Gasteiger partial charge < -0.3 is 10.1 Å². The Labute approximate surface area is 148 Å². The molecule has 0 radical (unpaired) electrons. The van der Waals surface area contributed by atoms with Gasteiger partial charge in [-0.1, -0.05) is 23.2 Å². The first-order valence-electron chi connectivity index (χ1n) is 5.59. The van der Waals surface area contributed by atoms with Crippen LogP contribution < -0.4 is 10.1 Å². The number of carbonyl (C=O) groups excluding carboxylic acids is 1. The standard InChI is InChI=1S/C13H8Br2Cl2N2O2/c1-21-10-5-9(7(14)4-8(10)15)18-13(20)6-2-3-11(16)19-12(6)17/h2-5H,1H3,(H,18,20). The average molecular weight is 455 g/mol. The van der Waals surface area contributed by atoms with Crippen LogP contribution in [-0.4, -0.2) is 18.0 Å². The van der Waals surface area contributed by atoms with Crippen LogP contribution in [0.1, 0.15) is 10.4 Å². The van der Waals surface area contributed by atoms with Gasteiger partial charge in [-0.3, -0.25) is 4.79 Å². The smallest absolute Gasteiger partial charge is 0.258 e. The molecule has 0 spiro atoms. The largest absolute Gasteiger partial charge is 0.495 e. The third-order valence-corrected chi connectivity index (χ3v) is 4.32. The van der Waals surface area contributed by atoms with E-state index in [1.165, 1.54) is 12.1 Å². The number of nitrogens with one attached hydrogen (secondary N) is 1. The number of methoxy groups -OCH3 is 1. The van der Waals surface area contributed by atoms with Crippen molar-refractivity contribution < 1.29 is 9.53 Å². The lowest BCUT2D eigenvalue weighted by atomic mass is 10.2. The van der Waals surface area contributed by atoms with E-state index in [9.17, 15) is 4.79 Å². The van der Waals surface area contributed by atoms with Crippen LogP contribution in [0.2, 0.25) is 10.3 Å². The molecule has 0 fully saturated rings. The van der Waals surface area contributed by atoms with Crippen LogP contribution in [0.15, 0.2) is 33.2 Å². The Morgan fingerprint density at radius 3 is 2.57 bits per heavy atom. The zero-order valence-electron chi connectivity index (χ0n) is 10.6. The Hall–Kier alpha value is -0.820. The third-order valence-electron chi connectivity index (χ3n) is 2.55. The summed E-state index contributed by atoms with van der Waals surface area (Å²) in [5.41, 5.74) is 0.779. The van der Waals surface area contributed by atoms with Gasteiger partial charge in [0.15, 0.2) is 0 Å². The first-order valence-corrected chi connectivity index (χ1v) is 7.93. The van der Waals surface area contributed by atoms with E-state index in [4.69, 9.17) is 27.9 Å². The molecule has 0 unspecified atom stereocenters. The fourth-order valence-electron chi connectivity index (χ4n) is 1.55. The molecule has 1 aromatic heterocycles. The number of carbonyl (C=O) groups is 1. The number of aromatic nitrogens is 1. The summed E-state index contributed by atoms with van der Waals surface area (Å²) < 4.78 is 6.65. The van der Waals surface area contributed by atoms with Crippen molar-refractivity contribution in [2.45, 2.75) is 0 Å². The molecule has 0 aliphatic carbocycles. The highest BCUT2D eigenvalue weighted by Gasteiger charge is 2.15. The molecule has 0 saturated heterocycles. The van der Waals surface area contributed by atoms with E-state index in [1.54, 1.807) is 19.2 Å². The Bertz CT molecular complexity index is 711. The lowest BCUT2D eigenvalue weighted by Crippen LogP contribution is -2.13. The number of hydrogen-bond acceptors (Lipinski definition) is 3. The van der Waals surface area contributed by atoms with E-state index in [-0.39, 0.29) is 15.9 Å². The maximum absolute atomic E-state index is 12.2. The van der Waals surface area contributed by atoms with Crippen LogP contribution in [0.3, 0.4) is 0 Å².